The minimum absolute atomic E-state index is 0.0114. The molecule has 18 heavy (non-hydrogen) atoms. The summed E-state index contributed by atoms with van der Waals surface area (Å²) in [6.45, 7) is 3.69. The summed E-state index contributed by atoms with van der Waals surface area (Å²) in [5.74, 6) is 0.0461. The fourth-order valence-corrected chi connectivity index (χ4v) is 2.28. The number of aliphatic hydroxyl groups is 1. The Morgan fingerprint density at radius 1 is 1.56 bits per heavy atom. The first-order valence-electron chi connectivity index (χ1n) is 6.36. The molecule has 0 aliphatic carbocycles. The van der Waals surface area contributed by atoms with Gasteiger partial charge in [-0.05, 0) is 44.0 Å². The zero-order valence-electron chi connectivity index (χ0n) is 10.7. The Balaban J connectivity index is 2.05. The van der Waals surface area contributed by atoms with Crippen molar-refractivity contribution in [1.29, 1.82) is 0 Å². The molecule has 4 heteroatoms. The molecule has 1 saturated heterocycles. The Morgan fingerprint density at radius 2 is 2.39 bits per heavy atom. The smallest absolute Gasteiger partial charge is 0.231 e. The van der Waals surface area contributed by atoms with Crippen molar-refractivity contribution in [3.63, 3.8) is 0 Å². The van der Waals surface area contributed by atoms with Gasteiger partial charge in [0.1, 0.15) is 0 Å². The van der Waals surface area contributed by atoms with Crippen molar-refractivity contribution in [1.82, 2.24) is 5.32 Å². The van der Waals surface area contributed by atoms with Gasteiger partial charge in [0, 0.05) is 12.2 Å². The van der Waals surface area contributed by atoms with E-state index in [2.05, 4.69) is 10.6 Å². The van der Waals surface area contributed by atoms with E-state index in [1.807, 2.05) is 25.1 Å². The van der Waals surface area contributed by atoms with Crippen LogP contribution in [0.25, 0.3) is 0 Å². The fourth-order valence-electron chi connectivity index (χ4n) is 2.28. The molecule has 1 aliphatic heterocycles. The predicted octanol–water partition coefficient (Wildman–Crippen LogP) is 1.51. The van der Waals surface area contributed by atoms with Crippen molar-refractivity contribution in [2.45, 2.75) is 26.4 Å². The van der Waals surface area contributed by atoms with Crippen molar-refractivity contribution in [2.75, 3.05) is 18.4 Å². The van der Waals surface area contributed by atoms with Crippen LogP contribution in [0, 0.1) is 5.41 Å². The van der Waals surface area contributed by atoms with E-state index in [0.29, 0.717) is 0 Å². The quantitative estimate of drug-likeness (QED) is 0.760. The highest BCUT2D eigenvalue weighted by Gasteiger charge is 2.34. The first-order chi connectivity index (χ1) is 8.64. The number of hydrogen-bond donors (Lipinski definition) is 3. The van der Waals surface area contributed by atoms with E-state index < -0.39 is 0 Å². The molecule has 1 heterocycles. The van der Waals surface area contributed by atoms with E-state index in [1.54, 1.807) is 6.07 Å². The lowest BCUT2D eigenvalue weighted by Gasteiger charge is -2.32. The van der Waals surface area contributed by atoms with Crippen LogP contribution in [0.15, 0.2) is 24.3 Å². The van der Waals surface area contributed by atoms with Gasteiger partial charge in [0.25, 0.3) is 0 Å². The Kier molecular flexibility index (Phi) is 3.99. The van der Waals surface area contributed by atoms with Gasteiger partial charge in [0.05, 0.1) is 12.0 Å². The minimum Gasteiger partial charge on any atom is -0.392 e. The number of anilines is 1. The summed E-state index contributed by atoms with van der Waals surface area (Å²) < 4.78 is 0. The van der Waals surface area contributed by atoms with Crippen LogP contribution in [-0.4, -0.2) is 24.1 Å². The number of carbonyl (C=O) groups excluding carboxylic acids is 1. The number of nitrogens with one attached hydrogen (secondary N) is 2. The molecule has 1 atom stereocenters. The molecule has 3 N–H and O–H groups in total. The second kappa shape index (κ2) is 5.50. The van der Waals surface area contributed by atoms with Crippen molar-refractivity contribution in [2.24, 2.45) is 5.41 Å². The normalized spacial score (nSPS) is 23.7. The number of rotatable bonds is 3. The van der Waals surface area contributed by atoms with Crippen LogP contribution in [-0.2, 0) is 11.4 Å². The predicted molar refractivity (Wildman–Crippen MR) is 71.2 cm³/mol. The molecule has 0 aromatic heterocycles. The van der Waals surface area contributed by atoms with E-state index in [4.69, 9.17) is 5.11 Å². The topological polar surface area (TPSA) is 61.4 Å². The van der Waals surface area contributed by atoms with Crippen LogP contribution in [0.1, 0.15) is 25.3 Å². The highest BCUT2D eigenvalue weighted by atomic mass is 16.3. The average molecular weight is 248 g/mol. The van der Waals surface area contributed by atoms with Crippen molar-refractivity contribution in [3.8, 4) is 0 Å². The zero-order chi connectivity index (χ0) is 13.0. The summed E-state index contributed by atoms with van der Waals surface area (Å²) in [6, 6.07) is 7.32. The molecule has 0 bridgehead atoms. The Morgan fingerprint density at radius 3 is 3.06 bits per heavy atom. The van der Waals surface area contributed by atoms with Crippen molar-refractivity contribution in [3.05, 3.63) is 29.8 Å². The number of amides is 1. The molecular formula is C14H20N2O2. The van der Waals surface area contributed by atoms with Crippen LogP contribution in [0.3, 0.4) is 0 Å². The van der Waals surface area contributed by atoms with Gasteiger partial charge in [-0.3, -0.25) is 4.79 Å². The lowest BCUT2D eigenvalue weighted by Crippen LogP contribution is -2.46. The highest BCUT2D eigenvalue weighted by molar-refractivity contribution is 5.95. The molecule has 98 valence electrons. The summed E-state index contributed by atoms with van der Waals surface area (Å²) in [6.07, 6.45) is 1.94. The average Bonchev–Trinajstić information content (AvgIpc) is 2.40. The molecule has 1 fully saturated rings. The highest BCUT2D eigenvalue weighted by Crippen LogP contribution is 2.27. The minimum atomic E-state index is -0.340. The monoisotopic (exact) mass is 248 g/mol. The van der Waals surface area contributed by atoms with Crippen LogP contribution < -0.4 is 10.6 Å². The van der Waals surface area contributed by atoms with Gasteiger partial charge in [-0.25, -0.2) is 0 Å². The van der Waals surface area contributed by atoms with Gasteiger partial charge in [-0.15, -0.1) is 0 Å². The summed E-state index contributed by atoms with van der Waals surface area (Å²) in [7, 11) is 0. The van der Waals surface area contributed by atoms with Gasteiger partial charge in [-0.1, -0.05) is 12.1 Å². The van der Waals surface area contributed by atoms with Gasteiger partial charge >= 0.3 is 0 Å². The maximum absolute atomic E-state index is 12.3. The maximum Gasteiger partial charge on any atom is 0.231 e. The summed E-state index contributed by atoms with van der Waals surface area (Å²) in [4.78, 5) is 12.3. The summed E-state index contributed by atoms with van der Waals surface area (Å²) in [5, 5.41) is 15.3. The Labute approximate surface area is 107 Å². The summed E-state index contributed by atoms with van der Waals surface area (Å²) >= 11 is 0. The lowest BCUT2D eigenvalue weighted by molar-refractivity contribution is -0.125. The molecule has 0 radical (unpaired) electrons. The molecule has 1 aromatic rings. The van der Waals surface area contributed by atoms with E-state index >= 15 is 0 Å². The largest absolute Gasteiger partial charge is 0.392 e. The van der Waals surface area contributed by atoms with E-state index in [1.165, 1.54) is 0 Å². The van der Waals surface area contributed by atoms with Crippen molar-refractivity contribution >= 4 is 11.6 Å². The van der Waals surface area contributed by atoms with Crippen molar-refractivity contribution < 1.29 is 9.90 Å². The first kappa shape index (κ1) is 13.1. The van der Waals surface area contributed by atoms with Gasteiger partial charge in [0.15, 0.2) is 0 Å². The molecule has 4 nitrogen and oxygen atoms in total. The molecule has 2 rings (SSSR count). The van der Waals surface area contributed by atoms with Crippen LogP contribution in [0.4, 0.5) is 5.69 Å². The Bertz CT molecular complexity index is 426. The molecular weight excluding hydrogens is 228 g/mol. The number of benzene rings is 1. The molecule has 0 saturated carbocycles. The number of piperidine rings is 1. The molecule has 1 aromatic carbocycles. The molecule has 1 aliphatic rings. The Hall–Kier alpha value is -1.39. The summed E-state index contributed by atoms with van der Waals surface area (Å²) in [5.41, 5.74) is 1.21. The van der Waals surface area contributed by atoms with Crippen LogP contribution in [0.5, 0.6) is 0 Å². The maximum atomic E-state index is 12.3. The molecule has 0 spiro atoms. The second-order valence-electron chi connectivity index (χ2n) is 5.15. The van der Waals surface area contributed by atoms with E-state index in [0.717, 1.165) is 37.2 Å². The van der Waals surface area contributed by atoms with Crippen LogP contribution >= 0.6 is 0 Å². The standard InChI is InChI=1S/C14H20N2O2/c1-14(6-3-7-15-10-14)13(18)16-12-5-2-4-11(8-12)9-17/h2,4-5,8,15,17H,3,6-7,9-10H2,1H3,(H,16,18). The fraction of sp³-hybridized carbons (Fsp3) is 0.500. The van der Waals surface area contributed by atoms with E-state index in [9.17, 15) is 4.79 Å². The first-order valence-corrected chi connectivity index (χ1v) is 6.36. The van der Waals surface area contributed by atoms with Gasteiger partial charge in [0.2, 0.25) is 5.91 Å². The third-order valence-corrected chi connectivity index (χ3v) is 3.51. The third-order valence-electron chi connectivity index (χ3n) is 3.51. The number of carbonyl (C=O) groups is 1. The SMILES string of the molecule is CC1(C(=O)Nc2cccc(CO)c2)CCCNC1. The lowest BCUT2D eigenvalue weighted by atomic mass is 9.82. The van der Waals surface area contributed by atoms with E-state index in [-0.39, 0.29) is 17.9 Å². The number of aliphatic hydroxyl groups excluding tert-OH is 1. The molecule has 1 unspecified atom stereocenters. The van der Waals surface area contributed by atoms with Gasteiger partial charge in [-0.2, -0.15) is 0 Å². The third kappa shape index (κ3) is 2.89. The van der Waals surface area contributed by atoms with Gasteiger partial charge < -0.3 is 15.7 Å². The zero-order valence-corrected chi connectivity index (χ0v) is 10.7. The number of hydrogen-bond acceptors (Lipinski definition) is 3. The van der Waals surface area contributed by atoms with Crippen LogP contribution in [0.2, 0.25) is 0 Å². The second-order valence-corrected chi connectivity index (χ2v) is 5.15. The molecule has 1 amide bonds.